The summed E-state index contributed by atoms with van der Waals surface area (Å²) < 4.78 is 12.2. The molecule has 3 aromatic rings. The van der Waals surface area contributed by atoms with Gasteiger partial charge in [0.05, 0.1) is 16.4 Å². The lowest BCUT2D eigenvalue weighted by molar-refractivity contribution is -0.118. The number of para-hydroxylation sites is 1. The topological polar surface area (TPSA) is 101 Å². The van der Waals surface area contributed by atoms with Gasteiger partial charge >= 0.3 is 6.03 Å². The van der Waals surface area contributed by atoms with Gasteiger partial charge in [-0.1, -0.05) is 35.9 Å². The van der Waals surface area contributed by atoms with Crippen LogP contribution in [0.25, 0.3) is 0 Å². The largest absolute Gasteiger partial charge is 0.490 e. The number of halogens is 1. The molecular weight excluding hydrogens is 559 g/mol. The van der Waals surface area contributed by atoms with E-state index in [1.165, 1.54) is 6.21 Å². The van der Waals surface area contributed by atoms with Crippen molar-refractivity contribution in [1.29, 1.82) is 0 Å². The average Bonchev–Trinajstić information content (AvgIpc) is 2.82. The van der Waals surface area contributed by atoms with Gasteiger partial charge in [-0.15, -0.1) is 0 Å². The SMILES string of the molecule is CCOc1cc(C=NNC(=O)Nc2ccccc2C)cc(I)c1OCC(=O)Nc1ccc(C)cc1. The Labute approximate surface area is 218 Å². The second-order valence-corrected chi connectivity index (χ2v) is 8.77. The number of rotatable bonds is 9. The summed E-state index contributed by atoms with van der Waals surface area (Å²) in [5, 5.41) is 9.57. The fourth-order valence-corrected chi connectivity index (χ4v) is 3.85. The molecule has 182 valence electrons. The van der Waals surface area contributed by atoms with Crippen molar-refractivity contribution in [3.05, 3.63) is 80.9 Å². The van der Waals surface area contributed by atoms with Crippen LogP contribution in [0.2, 0.25) is 0 Å². The fraction of sp³-hybridized carbons (Fsp3) is 0.192. The second kappa shape index (κ2) is 12.7. The van der Waals surface area contributed by atoms with Crippen molar-refractivity contribution in [2.75, 3.05) is 23.8 Å². The smallest absolute Gasteiger partial charge is 0.339 e. The molecule has 0 aliphatic carbocycles. The molecule has 0 radical (unpaired) electrons. The third kappa shape index (κ3) is 7.99. The summed E-state index contributed by atoms with van der Waals surface area (Å²) in [6.07, 6.45) is 1.51. The summed E-state index contributed by atoms with van der Waals surface area (Å²) in [4.78, 5) is 24.5. The number of urea groups is 1. The number of hydrogen-bond donors (Lipinski definition) is 3. The molecule has 0 fully saturated rings. The number of hydrogen-bond acceptors (Lipinski definition) is 5. The minimum absolute atomic E-state index is 0.169. The third-order valence-electron chi connectivity index (χ3n) is 4.79. The highest BCUT2D eigenvalue weighted by Crippen LogP contribution is 2.34. The number of hydrazone groups is 1. The molecule has 0 aliphatic rings. The predicted molar refractivity (Wildman–Crippen MR) is 147 cm³/mol. The van der Waals surface area contributed by atoms with Crippen LogP contribution in [-0.4, -0.2) is 31.4 Å². The van der Waals surface area contributed by atoms with Crippen molar-refractivity contribution < 1.29 is 19.1 Å². The van der Waals surface area contributed by atoms with Crippen molar-refractivity contribution in [3.63, 3.8) is 0 Å². The molecule has 0 aliphatic heterocycles. The number of amides is 3. The van der Waals surface area contributed by atoms with Crippen molar-refractivity contribution in [2.24, 2.45) is 5.10 Å². The van der Waals surface area contributed by atoms with Crippen LogP contribution in [0.15, 0.2) is 65.8 Å². The normalized spacial score (nSPS) is 10.6. The van der Waals surface area contributed by atoms with Gasteiger partial charge in [-0.2, -0.15) is 5.10 Å². The molecule has 3 aromatic carbocycles. The van der Waals surface area contributed by atoms with Gasteiger partial charge in [-0.3, -0.25) is 4.79 Å². The van der Waals surface area contributed by atoms with E-state index in [4.69, 9.17) is 9.47 Å². The van der Waals surface area contributed by atoms with E-state index in [-0.39, 0.29) is 12.5 Å². The van der Waals surface area contributed by atoms with Crippen molar-refractivity contribution in [1.82, 2.24) is 5.43 Å². The molecule has 0 unspecified atom stereocenters. The summed E-state index contributed by atoms with van der Waals surface area (Å²) in [5.41, 5.74) is 6.62. The first-order chi connectivity index (χ1) is 16.9. The number of aryl methyl sites for hydroxylation is 2. The number of carbonyl (C=O) groups is 2. The van der Waals surface area contributed by atoms with Crippen molar-refractivity contribution >= 4 is 52.1 Å². The molecule has 0 bridgehead atoms. The number of carbonyl (C=O) groups excluding carboxylic acids is 2. The second-order valence-electron chi connectivity index (χ2n) is 7.60. The van der Waals surface area contributed by atoms with E-state index in [1.807, 2.05) is 75.4 Å². The molecular formula is C26H27IN4O4. The van der Waals surface area contributed by atoms with E-state index in [1.54, 1.807) is 6.07 Å². The van der Waals surface area contributed by atoms with Gasteiger partial charge in [-0.05, 0) is 84.8 Å². The minimum atomic E-state index is -0.449. The van der Waals surface area contributed by atoms with E-state index in [9.17, 15) is 9.59 Å². The van der Waals surface area contributed by atoms with Gasteiger partial charge in [0, 0.05) is 11.4 Å². The maximum Gasteiger partial charge on any atom is 0.339 e. The molecule has 0 aromatic heterocycles. The van der Waals surface area contributed by atoms with E-state index in [0.29, 0.717) is 35.0 Å². The highest BCUT2D eigenvalue weighted by molar-refractivity contribution is 14.1. The van der Waals surface area contributed by atoms with Gasteiger partial charge in [0.15, 0.2) is 18.1 Å². The Hall–Kier alpha value is -3.60. The standard InChI is InChI=1S/C26H27IN4O4/c1-4-34-23-14-19(15-28-31-26(33)30-22-8-6-5-7-18(22)3)13-21(27)25(23)35-16-24(32)29-20-11-9-17(2)10-12-20/h5-15H,4,16H2,1-3H3,(H,29,32)(H2,30,31,33). The number of nitrogens with one attached hydrogen (secondary N) is 3. The van der Waals surface area contributed by atoms with E-state index >= 15 is 0 Å². The quantitative estimate of drug-likeness (QED) is 0.176. The molecule has 3 amide bonds. The van der Waals surface area contributed by atoms with E-state index in [2.05, 4.69) is 43.8 Å². The van der Waals surface area contributed by atoms with E-state index in [0.717, 1.165) is 14.7 Å². The highest BCUT2D eigenvalue weighted by Gasteiger charge is 2.14. The first-order valence-corrected chi connectivity index (χ1v) is 12.0. The van der Waals surface area contributed by atoms with Crippen LogP contribution in [0.5, 0.6) is 11.5 Å². The molecule has 9 heteroatoms. The predicted octanol–water partition coefficient (Wildman–Crippen LogP) is 5.48. The molecule has 3 rings (SSSR count). The van der Waals surface area contributed by atoms with Crippen LogP contribution < -0.4 is 25.5 Å². The molecule has 0 saturated heterocycles. The Morgan fingerprint density at radius 2 is 1.74 bits per heavy atom. The Morgan fingerprint density at radius 1 is 1.00 bits per heavy atom. The van der Waals surface area contributed by atoms with Gasteiger partial charge in [-0.25, -0.2) is 10.2 Å². The minimum Gasteiger partial charge on any atom is -0.490 e. The molecule has 35 heavy (non-hydrogen) atoms. The lowest BCUT2D eigenvalue weighted by atomic mass is 10.2. The lowest BCUT2D eigenvalue weighted by Gasteiger charge is -2.14. The summed E-state index contributed by atoms with van der Waals surface area (Å²) in [7, 11) is 0. The molecule has 0 saturated carbocycles. The maximum absolute atomic E-state index is 12.3. The van der Waals surface area contributed by atoms with Crippen LogP contribution in [-0.2, 0) is 4.79 Å². The maximum atomic E-state index is 12.3. The number of ether oxygens (including phenoxy) is 2. The monoisotopic (exact) mass is 586 g/mol. The van der Waals surface area contributed by atoms with Crippen LogP contribution in [0.4, 0.5) is 16.2 Å². The lowest BCUT2D eigenvalue weighted by Crippen LogP contribution is -2.24. The average molecular weight is 586 g/mol. The van der Waals surface area contributed by atoms with Crippen molar-refractivity contribution in [2.45, 2.75) is 20.8 Å². The van der Waals surface area contributed by atoms with Gasteiger partial charge in [0.1, 0.15) is 0 Å². The van der Waals surface area contributed by atoms with Gasteiger partial charge in [0.2, 0.25) is 0 Å². The number of benzene rings is 3. The highest BCUT2D eigenvalue weighted by atomic mass is 127. The third-order valence-corrected chi connectivity index (χ3v) is 5.59. The zero-order valence-electron chi connectivity index (χ0n) is 19.7. The molecule has 0 atom stereocenters. The molecule has 3 N–H and O–H groups in total. The molecule has 0 spiro atoms. The van der Waals surface area contributed by atoms with Crippen LogP contribution in [0, 0.1) is 17.4 Å². The summed E-state index contributed by atoms with van der Waals surface area (Å²) in [5.74, 6) is 0.670. The summed E-state index contributed by atoms with van der Waals surface area (Å²) in [6, 6.07) is 18.1. The van der Waals surface area contributed by atoms with Crippen LogP contribution >= 0.6 is 22.6 Å². The van der Waals surface area contributed by atoms with Crippen molar-refractivity contribution in [3.8, 4) is 11.5 Å². The van der Waals surface area contributed by atoms with Gasteiger partial charge < -0.3 is 20.1 Å². The van der Waals surface area contributed by atoms with Crippen LogP contribution in [0.1, 0.15) is 23.6 Å². The number of nitrogens with zero attached hydrogens (tertiary/aromatic N) is 1. The Morgan fingerprint density at radius 3 is 2.46 bits per heavy atom. The zero-order chi connectivity index (χ0) is 25.2. The molecule has 0 heterocycles. The fourth-order valence-electron chi connectivity index (χ4n) is 3.07. The zero-order valence-corrected chi connectivity index (χ0v) is 21.9. The Kier molecular flexibility index (Phi) is 9.47. The summed E-state index contributed by atoms with van der Waals surface area (Å²) in [6.45, 7) is 6.00. The van der Waals surface area contributed by atoms with Crippen LogP contribution in [0.3, 0.4) is 0 Å². The van der Waals surface area contributed by atoms with Gasteiger partial charge in [0.25, 0.3) is 5.91 Å². The molecule has 8 nitrogen and oxygen atoms in total. The Bertz CT molecular complexity index is 1210. The first-order valence-electron chi connectivity index (χ1n) is 11.0. The number of anilines is 2. The van der Waals surface area contributed by atoms with E-state index < -0.39 is 6.03 Å². The first kappa shape index (κ1) is 26.0. The summed E-state index contributed by atoms with van der Waals surface area (Å²) >= 11 is 2.11. The Balaban J connectivity index is 1.62.